The number of unbranched alkanes of at least 4 members (excludes halogenated alkanes) is 22. The molecule has 268 valence electrons. The van der Waals surface area contributed by atoms with Crippen LogP contribution in [0.15, 0.2) is 24.3 Å². The zero-order chi connectivity index (χ0) is 33.8. The number of ether oxygens (including phenoxy) is 1. The summed E-state index contributed by atoms with van der Waals surface area (Å²) < 4.78 is 5.88. The van der Waals surface area contributed by atoms with Gasteiger partial charge in [0.15, 0.2) is 0 Å². The van der Waals surface area contributed by atoms with E-state index in [1.54, 1.807) is 0 Å². The maximum absolute atomic E-state index is 12.6. The summed E-state index contributed by atoms with van der Waals surface area (Å²) >= 11 is 0. The second kappa shape index (κ2) is 35.7. The normalized spacial score (nSPS) is 12.2. The first kappa shape index (κ1) is 43.9. The molecule has 0 aromatic rings. The summed E-state index contributed by atoms with van der Waals surface area (Å²) in [6.07, 6.45) is 41.7. The van der Waals surface area contributed by atoms with Crippen LogP contribution in [0.2, 0.25) is 0 Å². The van der Waals surface area contributed by atoms with Gasteiger partial charge in [-0.1, -0.05) is 141 Å². The predicted octanol–water partition coefficient (Wildman–Crippen LogP) is 11.6. The molecule has 0 saturated carbocycles. The molecule has 1 atom stereocenters. The maximum Gasteiger partial charge on any atom is 0.322 e. The Balaban J connectivity index is 4.02. The molecule has 0 heterocycles. The number of allylic oxidation sites excluding steroid dienone is 3. The van der Waals surface area contributed by atoms with Gasteiger partial charge in [-0.05, 0) is 70.3 Å². The quantitative estimate of drug-likeness (QED) is 0.0405. The van der Waals surface area contributed by atoms with E-state index in [1.165, 1.54) is 122 Å². The highest BCUT2D eigenvalue weighted by Crippen LogP contribution is 2.15. The number of nitrogens with one attached hydrogen (secondary N) is 1. The van der Waals surface area contributed by atoms with Gasteiger partial charge in [0.25, 0.3) is 0 Å². The van der Waals surface area contributed by atoms with E-state index in [0.29, 0.717) is 12.8 Å². The van der Waals surface area contributed by atoms with Crippen molar-refractivity contribution in [2.45, 2.75) is 206 Å². The van der Waals surface area contributed by atoms with E-state index in [4.69, 9.17) is 9.84 Å². The predicted molar refractivity (Wildman–Crippen MR) is 194 cm³/mol. The Kier molecular flexibility index (Phi) is 34.1. The van der Waals surface area contributed by atoms with Crippen LogP contribution < -0.4 is 5.32 Å². The average Bonchev–Trinajstić information content (AvgIpc) is 3.04. The summed E-state index contributed by atoms with van der Waals surface area (Å²) in [6, 6.07) is 0. The molecule has 1 amide bonds. The van der Waals surface area contributed by atoms with Gasteiger partial charge in [-0.2, -0.15) is 0 Å². The number of carboxylic acids is 1. The molecule has 6 heteroatoms. The number of aliphatic carboxylic acids is 1. The van der Waals surface area contributed by atoms with Gasteiger partial charge in [0.2, 0.25) is 5.91 Å². The molecule has 0 bridgehead atoms. The van der Waals surface area contributed by atoms with Crippen LogP contribution in [0.25, 0.3) is 0 Å². The minimum atomic E-state index is -1.03. The van der Waals surface area contributed by atoms with Gasteiger partial charge in [-0.3, -0.25) is 14.4 Å². The second-order valence-corrected chi connectivity index (χ2v) is 13.2. The number of rotatable bonds is 35. The third-order valence-electron chi connectivity index (χ3n) is 8.58. The van der Waals surface area contributed by atoms with Crippen LogP contribution in [0.4, 0.5) is 0 Å². The Bertz CT molecular complexity index is 763. The zero-order valence-corrected chi connectivity index (χ0v) is 30.2. The van der Waals surface area contributed by atoms with Crippen molar-refractivity contribution in [3.63, 3.8) is 0 Å². The molecular formula is C40H73NO5. The van der Waals surface area contributed by atoms with Crippen molar-refractivity contribution < 1.29 is 24.2 Å². The highest BCUT2D eigenvalue weighted by atomic mass is 16.5. The summed E-state index contributed by atoms with van der Waals surface area (Å²) in [6.45, 7) is 4.18. The topological polar surface area (TPSA) is 92.7 Å². The van der Waals surface area contributed by atoms with E-state index >= 15 is 0 Å². The van der Waals surface area contributed by atoms with E-state index < -0.39 is 5.97 Å². The van der Waals surface area contributed by atoms with E-state index in [0.717, 1.165) is 51.4 Å². The van der Waals surface area contributed by atoms with Crippen LogP contribution in [0.3, 0.4) is 0 Å². The molecule has 0 aromatic heterocycles. The summed E-state index contributed by atoms with van der Waals surface area (Å²) in [5.74, 6) is -1.33. The molecular weight excluding hydrogens is 574 g/mol. The lowest BCUT2D eigenvalue weighted by molar-refractivity contribution is -0.147. The van der Waals surface area contributed by atoms with Crippen molar-refractivity contribution in [2.24, 2.45) is 0 Å². The molecule has 0 aliphatic heterocycles. The fourth-order valence-electron chi connectivity index (χ4n) is 5.65. The minimum Gasteiger partial charge on any atom is -0.480 e. The summed E-state index contributed by atoms with van der Waals surface area (Å²) in [4.78, 5) is 34.8. The zero-order valence-electron chi connectivity index (χ0n) is 30.2. The van der Waals surface area contributed by atoms with Crippen molar-refractivity contribution in [1.29, 1.82) is 0 Å². The van der Waals surface area contributed by atoms with Gasteiger partial charge in [0.1, 0.15) is 12.6 Å². The minimum absolute atomic E-state index is 0.0871. The fraction of sp³-hybridized carbons (Fsp3) is 0.825. The van der Waals surface area contributed by atoms with E-state index in [1.807, 2.05) is 0 Å². The smallest absolute Gasteiger partial charge is 0.322 e. The van der Waals surface area contributed by atoms with Gasteiger partial charge in [-0.15, -0.1) is 0 Å². The highest BCUT2D eigenvalue weighted by molar-refractivity contribution is 5.80. The van der Waals surface area contributed by atoms with Gasteiger partial charge in [0, 0.05) is 12.8 Å². The van der Waals surface area contributed by atoms with Crippen LogP contribution in [-0.4, -0.2) is 35.6 Å². The van der Waals surface area contributed by atoms with Crippen molar-refractivity contribution in [3.8, 4) is 0 Å². The van der Waals surface area contributed by atoms with Gasteiger partial charge in [-0.25, -0.2) is 0 Å². The Morgan fingerprint density at radius 2 is 1.00 bits per heavy atom. The van der Waals surface area contributed by atoms with Crippen molar-refractivity contribution in [3.05, 3.63) is 24.3 Å². The third kappa shape index (κ3) is 34.8. The number of esters is 1. The van der Waals surface area contributed by atoms with Crippen LogP contribution in [0.5, 0.6) is 0 Å². The number of hydrogen-bond donors (Lipinski definition) is 2. The second-order valence-electron chi connectivity index (χ2n) is 13.2. The molecule has 0 spiro atoms. The summed E-state index contributed by atoms with van der Waals surface area (Å²) in [5.41, 5.74) is 0. The monoisotopic (exact) mass is 648 g/mol. The van der Waals surface area contributed by atoms with Crippen molar-refractivity contribution in [2.75, 3.05) is 6.54 Å². The highest BCUT2D eigenvalue weighted by Gasteiger charge is 2.12. The first-order valence-corrected chi connectivity index (χ1v) is 19.5. The van der Waals surface area contributed by atoms with Crippen molar-refractivity contribution in [1.82, 2.24) is 5.32 Å². The standard InChI is InChI=1S/C40H73NO5/c1-3-5-7-9-11-12-13-14-15-16-17-18-19-20-21-23-25-31-35-40(45)46-37(32-28-24-22-10-8-6-4-2)33-29-26-27-30-34-38(42)41-36-39(43)44/h15-16,28,32,37H,3-14,17-27,29-31,33-36H2,1-2H3,(H,41,42)(H,43,44)/b16-15-,32-28-. The molecule has 0 aliphatic rings. The van der Waals surface area contributed by atoms with Gasteiger partial charge < -0.3 is 15.2 Å². The first-order chi connectivity index (χ1) is 22.5. The Morgan fingerprint density at radius 3 is 1.52 bits per heavy atom. The molecule has 6 nitrogen and oxygen atoms in total. The molecule has 0 aromatic carbocycles. The van der Waals surface area contributed by atoms with Crippen LogP contribution in [-0.2, 0) is 19.1 Å². The molecule has 0 fully saturated rings. The lowest BCUT2D eigenvalue weighted by Crippen LogP contribution is -2.28. The molecule has 0 rings (SSSR count). The van der Waals surface area contributed by atoms with Gasteiger partial charge >= 0.3 is 11.9 Å². The SMILES string of the molecule is CCCCCCC/C=C\C(CCCCCCC(=O)NCC(=O)O)OC(=O)CCCCCCCCC/C=C\CCCCCCCCC. The van der Waals surface area contributed by atoms with E-state index in [9.17, 15) is 14.4 Å². The number of carbonyl (C=O) groups excluding carboxylic acids is 2. The summed E-state index contributed by atoms with van der Waals surface area (Å²) in [5, 5.41) is 11.0. The Morgan fingerprint density at radius 1 is 0.565 bits per heavy atom. The summed E-state index contributed by atoms with van der Waals surface area (Å²) in [7, 11) is 0. The molecule has 2 N–H and O–H groups in total. The number of carbonyl (C=O) groups is 3. The van der Waals surface area contributed by atoms with Gasteiger partial charge in [0.05, 0.1) is 0 Å². The first-order valence-electron chi connectivity index (χ1n) is 19.5. The molecule has 0 saturated heterocycles. The maximum atomic E-state index is 12.6. The number of hydrogen-bond acceptors (Lipinski definition) is 4. The molecule has 46 heavy (non-hydrogen) atoms. The lowest BCUT2D eigenvalue weighted by Gasteiger charge is -2.15. The van der Waals surface area contributed by atoms with Crippen molar-refractivity contribution >= 4 is 17.8 Å². The fourth-order valence-corrected chi connectivity index (χ4v) is 5.65. The molecule has 1 unspecified atom stereocenters. The Hall–Kier alpha value is -2.11. The lowest BCUT2D eigenvalue weighted by atomic mass is 10.1. The third-order valence-corrected chi connectivity index (χ3v) is 8.58. The van der Waals surface area contributed by atoms with Crippen LogP contribution >= 0.6 is 0 Å². The van der Waals surface area contributed by atoms with E-state index in [-0.39, 0.29) is 24.5 Å². The Labute approximate surface area is 284 Å². The molecule has 0 radical (unpaired) electrons. The van der Waals surface area contributed by atoms with Crippen LogP contribution in [0, 0.1) is 0 Å². The molecule has 0 aliphatic carbocycles. The number of carboxylic acid groups (broad SMARTS) is 1. The number of amides is 1. The largest absolute Gasteiger partial charge is 0.480 e. The van der Waals surface area contributed by atoms with E-state index in [2.05, 4.69) is 43.5 Å². The average molecular weight is 648 g/mol. The van der Waals surface area contributed by atoms with Crippen LogP contribution in [0.1, 0.15) is 200 Å².